The van der Waals surface area contributed by atoms with E-state index in [2.05, 4.69) is 18.4 Å². The number of rotatable bonds is 34. The lowest BCUT2D eigenvalue weighted by Crippen LogP contribution is -2.29. The molecule has 2 atom stereocenters. The van der Waals surface area contributed by atoms with Crippen LogP contribution in [0.3, 0.4) is 0 Å². The SMILES string of the molecule is CCCCCCCCCCCCCCCCCCC(=O)OC(COC(=O)CCCCCCCCCCC)COP(=O)(O)OC. The Labute approximate surface area is 270 Å². The summed E-state index contributed by atoms with van der Waals surface area (Å²) in [7, 11) is -3.18. The summed E-state index contributed by atoms with van der Waals surface area (Å²) in [5.74, 6) is -0.796. The van der Waals surface area contributed by atoms with E-state index in [0.717, 1.165) is 45.6 Å². The summed E-state index contributed by atoms with van der Waals surface area (Å²) < 4.78 is 31.8. The van der Waals surface area contributed by atoms with Crippen molar-refractivity contribution < 1.29 is 37.6 Å². The van der Waals surface area contributed by atoms with E-state index in [1.165, 1.54) is 122 Å². The maximum Gasteiger partial charge on any atom is 0.472 e. The van der Waals surface area contributed by atoms with Gasteiger partial charge in [0.2, 0.25) is 0 Å². The standard InChI is InChI=1S/C35H69O8P/c1-4-6-8-10-12-14-15-16-17-18-19-20-22-24-26-28-30-35(37)43-33(32-42-44(38,39)40-3)31-41-34(36)29-27-25-23-21-13-11-9-7-5-2/h33H,4-32H2,1-3H3,(H,38,39). The molecular formula is C35H69O8P. The molecule has 0 saturated carbocycles. The number of unbranched alkanes of at least 4 members (excludes halogenated alkanes) is 23. The molecule has 0 saturated heterocycles. The summed E-state index contributed by atoms with van der Waals surface area (Å²) in [4.78, 5) is 34.2. The summed E-state index contributed by atoms with van der Waals surface area (Å²) in [6.07, 6.45) is 30.1. The van der Waals surface area contributed by atoms with E-state index in [9.17, 15) is 19.0 Å². The smallest absolute Gasteiger partial charge is 0.462 e. The van der Waals surface area contributed by atoms with Crippen LogP contribution < -0.4 is 0 Å². The molecule has 0 bridgehead atoms. The number of ether oxygens (including phenoxy) is 2. The Balaban J connectivity index is 4.00. The fourth-order valence-electron chi connectivity index (χ4n) is 5.25. The van der Waals surface area contributed by atoms with E-state index >= 15 is 0 Å². The van der Waals surface area contributed by atoms with Gasteiger partial charge in [-0.05, 0) is 12.8 Å². The maximum absolute atomic E-state index is 12.4. The number of carbonyl (C=O) groups is 2. The third kappa shape index (κ3) is 31.0. The molecule has 44 heavy (non-hydrogen) atoms. The van der Waals surface area contributed by atoms with Crippen molar-refractivity contribution in [3.05, 3.63) is 0 Å². The highest BCUT2D eigenvalue weighted by Gasteiger charge is 2.24. The van der Waals surface area contributed by atoms with Crippen molar-refractivity contribution in [3.63, 3.8) is 0 Å². The predicted molar refractivity (Wildman–Crippen MR) is 180 cm³/mol. The Hall–Kier alpha value is -0.950. The predicted octanol–water partition coefficient (Wildman–Crippen LogP) is 10.8. The molecule has 0 aliphatic carbocycles. The van der Waals surface area contributed by atoms with Crippen molar-refractivity contribution in [1.29, 1.82) is 0 Å². The molecule has 0 aliphatic rings. The molecule has 0 spiro atoms. The van der Waals surface area contributed by atoms with E-state index in [1.807, 2.05) is 0 Å². The monoisotopic (exact) mass is 648 g/mol. The summed E-state index contributed by atoms with van der Waals surface area (Å²) in [6, 6.07) is 0. The lowest BCUT2D eigenvalue weighted by Gasteiger charge is -2.19. The highest BCUT2D eigenvalue weighted by Crippen LogP contribution is 2.42. The van der Waals surface area contributed by atoms with E-state index in [-0.39, 0.29) is 19.0 Å². The first-order chi connectivity index (χ1) is 21.3. The summed E-state index contributed by atoms with van der Waals surface area (Å²) in [6.45, 7) is 3.87. The molecule has 1 N–H and O–H groups in total. The second kappa shape index (κ2) is 32.0. The van der Waals surface area contributed by atoms with Crippen LogP contribution >= 0.6 is 7.82 Å². The minimum Gasteiger partial charge on any atom is -0.462 e. The Morgan fingerprint density at radius 3 is 1.25 bits per heavy atom. The average Bonchev–Trinajstić information content (AvgIpc) is 3.01. The van der Waals surface area contributed by atoms with Gasteiger partial charge in [0.05, 0.1) is 6.61 Å². The number of phosphoric acid groups is 1. The van der Waals surface area contributed by atoms with Crippen molar-refractivity contribution in [2.75, 3.05) is 20.3 Å². The number of hydrogen-bond acceptors (Lipinski definition) is 7. The second-order valence-corrected chi connectivity index (χ2v) is 13.9. The van der Waals surface area contributed by atoms with Gasteiger partial charge in [-0.25, -0.2) is 4.57 Å². The zero-order chi connectivity index (χ0) is 32.6. The number of phosphoric ester groups is 1. The van der Waals surface area contributed by atoms with E-state index in [1.54, 1.807) is 0 Å². The number of carbonyl (C=O) groups excluding carboxylic acids is 2. The molecule has 0 aromatic rings. The van der Waals surface area contributed by atoms with Crippen molar-refractivity contribution in [2.45, 2.75) is 193 Å². The van der Waals surface area contributed by atoms with Crippen LogP contribution in [0, 0.1) is 0 Å². The van der Waals surface area contributed by atoms with Crippen molar-refractivity contribution in [3.8, 4) is 0 Å². The molecule has 0 rings (SSSR count). The Bertz CT molecular complexity index is 702. The fraction of sp³-hybridized carbons (Fsp3) is 0.943. The van der Waals surface area contributed by atoms with Crippen LogP contribution in [-0.2, 0) is 32.7 Å². The number of hydrogen-bond donors (Lipinski definition) is 1. The van der Waals surface area contributed by atoms with Crippen LogP contribution in [-0.4, -0.2) is 43.3 Å². The minimum atomic E-state index is -4.24. The van der Waals surface area contributed by atoms with Crippen LogP contribution in [0.5, 0.6) is 0 Å². The third-order valence-electron chi connectivity index (χ3n) is 8.10. The molecule has 0 aromatic carbocycles. The molecule has 0 radical (unpaired) electrons. The van der Waals surface area contributed by atoms with Gasteiger partial charge in [0, 0.05) is 20.0 Å². The Morgan fingerprint density at radius 2 is 0.886 bits per heavy atom. The lowest BCUT2D eigenvalue weighted by atomic mass is 10.0. The van der Waals surface area contributed by atoms with Crippen LogP contribution in [0.2, 0.25) is 0 Å². The van der Waals surface area contributed by atoms with Gasteiger partial charge in [0.1, 0.15) is 6.61 Å². The van der Waals surface area contributed by atoms with E-state index in [4.69, 9.17) is 14.0 Å². The first kappa shape index (κ1) is 43.0. The summed E-state index contributed by atoms with van der Waals surface area (Å²) in [5.41, 5.74) is 0. The molecule has 0 amide bonds. The van der Waals surface area contributed by atoms with Gasteiger partial charge in [-0.3, -0.25) is 18.6 Å². The topological polar surface area (TPSA) is 108 Å². The van der Waals surface area contributed by atoms with Crippen LogP contribution in [0.4, 0.5) is 0 Å². The van der Waals surface area contributed by atoms with Gasteiger partial charge in [-0.15, -0.1) is 0 Å². The van der Waals surface area contributed by atoms with E-state index in [0.29, 0.717) is 6.42 Å². The normalized spacial score (nSPS) is 13.5. The second-order valence-electron chi connectivity index (χ2n) is 12.4. The van der Waals surface area contributed by atoms with Crippen molar-refractivity contribution >= 4 is 19.8 Å². The first-order valence-electron chi connectivity index (χ1n) is 18.2. The molecule has 0 heterocycles. The van der Waals surface area contributed by atoms with Crippen molar-refractivity contribution in [1.82, 2.24) is 0 Å². The molecule has 0 aromatic heterocycles. The number of esters is 2. The van der Waals surface area contributed by atoms with Gasteiger partial charge in [-0.1, -0.05) is 162 Å². The first-order valence-corrected chi connectivity index (χ1v) is 19.7. The van der Waals surface area contributed by atoms with E-state index < -0.39 is 26.5 Å². The van der Waals surface area contributed by atoms with Crippen LogP contribution in [0.15, 0.2) is 0 Å². The Morgan fingerprint density at radius 1 is 0.545 bits per heavy atom. The molecule has 0 aliphatic heterocycles. The maximum atomic E-state index is 12.4. The molecule has 8 nitrogen and oxygen atoms in total. The molecule has 2 unspecified atom stereocenters. The molecule has 0 fully saturated rings. The highest BCUT2D eigenvalue weighted by molar-refractivity contribution is 7.47. The van der Waals surface area contributed by atoms with Gasteiger partial charge < -0.3 is 14.4 Å². The molecular weight excluding hydrogens is 579 g/mol. The van der Waals surface area contributed by atoms with Gasteiger partial charge >= 0.3 is 19.8 Å². The van der Waals surface area contributed by atoms with Crippen molar-refractivity contribution in [2.24, 2.45) is 0 Å². The largest absolute Gasteiger partial charge is 0.472 e. The zero-order valence-corrected chi connectivity index (χ0v) is 29.7. The summed E-state index contributed by atoms with van der Waals surface area (Å²) in [5, 5.41) is 0. The molecule has 262 valence electrons. The van der Waals surface area contributed by atoms with Gasteiger partial charge in [-0.2, -0.15) is 0 Å². The quantitative estimate of drug-likeness (QED) is 0.0417. The highest BCUT2D eigenvalue weighted by atomic mass is 31.2. The molecule has 9 heteroatoms. The van der Waals surface area contributed by atoms with Gasteiger partial charge in [0.15, 0.2) is 6.10 Å². The van der Waals surface area contributed by atoms with Crippen LogP contribution in [0.25, 0.3) is 0 Å². The summed E-state index contributed by atoms with van der Waals surface area (Å²) >= 11 is 0. The zero-order valence-electron chi connectivity index (χ0n) is 28.8. The Kier molecular flexibility index (Phi) is 31.3. The third-order valence-corrected chi connectivity index (χ3v) is 9.04. The van der Waals surface area contributed by atoms with Crippen LogP contribution in [0.1, 0.15) is 187 Å². The minimum absolute atomic E-state index is 0.218. The van der Waals surface area contributed by atoms with Gasteiger partial charge in [0.25, 0.3) is 0 Å². The lowest BCUT2D eigenvalue weighted by molar-refractivity contribution is -0.161. The fourth-order valence-corrected chi connectivity index (χ4v) is 5.71. The average molecular weight is 649 g/mol.